The fourth-order valence-electron chi connectivity index (χ4n) is 7.10. The van der Waals surface area contributed by atoms with Gasteiger partial charge >= 0.3 is 17.9 Å². The van der Waals surface area contributed by atoms with Gasteiger partial charge in [0.1, 0.15) is 6.10 Å². The van der Waals surface area contributed by atoms with Gasteiger partial charge in [0, 0.05) is 26.2 Å². The highest BCUT2D eigenvalue weighted by Gasteiger charge is 1.99. The quantitative estimate of drug-likeness (QED) is 0.0225. The van der Waals surface area contributed by atoms with Gasteiger partial charge in [-0.25, -0.2) is 0 Å². The molecule has 0 saturated carbocycles. The van der Waals surface area contributed by atoms with Gasteiger partial charge in [-0.15, -0.1) is 0 Å². The van der Waals surface area contributed by atoms with Gasteiger partial charge in [-0.2, -0.15) is 0 Å². The Balaban J connectivity index is -0.000000274. The molecular weight excluding hydrogens is 885 g/mol. The second-order valence-electron chi connectivity index (χ2n) is 18.7. The van der Waals surface area contributed by atoms with Crippen molar-refractivity contribution in [3.8, 4) is 0 Å². The molecule has 0 aliphatic heterocycles. The van der Waals surface area contributed by atoms with E-state index in [1.54, 1.807) is 0 Å². The first kappa shape index (κ1) is 75.9. The van der Waals surface area contributed by atoms with Gasteiger partial charge in [-0.3, -0.25) is 19.2 Å². The number of allylic oxidation sites excluding steroid dienone is 6. The van der Waals surface area contributed by atoms with E-state index in [2.05, 4.69) is 57.2 Å². The Morgan fingerprint density at radius 2 is 0.471 bits per heavy atom. The molecule has 0 rings (SSSR count). The van der Waals surface area contributed by atoms with Gasteiger partial charge in [-0.05, 0) is 96.3 Å². The molecule has 0 spiro atoms. The van der Waals surface area contributed by atoms with Crippen LogP contribution in [0, 0.1) is 0 Å². The highest BCUT2D eigenvalue weighted by molar-refractivity contribution is 5.67. The highest BCUT2D eigenvalue weighted by Crippen LogP contribution is 2.13. The Hall–Kier alpha value is -3.02. The molecule has 0 aromatic rings. The minimum absolute atomic E-state index is 0.332. The second kappa shape index (κ2) is 72.5. The van der Waals surface area contributed by atoms with Crippen molar-refractivity contribution in [1.82, 2.24) is 0 Å². The first-order valence-corrected chi connectivity index (χ1v) is 28.5. The van der Waals surface area contributed by atoms with Crippen LogP contribution in [0.3, 0.4) is 0 Å². The van der Waals surface area contributed by atoms with Crippen LogP contribution in [-0.4, -0.2) is 78.9 Å². The molecule has 0 atom stereocenters. The Morgan fingerprint density at radius 1 is 0.314 bits per heavy atom. The van der Waals surface area contributed by atoms with Crippen molar-refractivity contribution in [3.05, 3.63) is 36.5 Å². The van der Waals surface area contributed by atoms with Crippen molar-refractivity contribution >= 4 is 23.9 Å². The second-order valence-corrected chi connectivity index (χ2v) is 18.7. The van der Waals surface area contributed by atoms with E-state index in [-0.39, 0.29) is 13.2 Å². The van der Waals surface area contributed by atoms with Crippen molar-refractivity contribution in [2.24, 2.45) is 0 Å². The molecule has 0 aromatic carbocycles. The maximum atomic E-state index is 10.3. The number of carboxylic acids is 4. The number of aliphatic hydroxyl groups excluding tert-OH is 3. The molecule has 0 radical (unpaired) electrons. The minimum Gasteiger partial charge on any atom is -0.481 e. The summed E-state index contributed by atoms with van der Waals surface area (Å²) in [6.07, 6.45) is 62.8. The lowest BCUT2D eigenvalue weighted by Crippen LogP contribution is -2.15. The summed E-state index contributed by atoms with van der Waals surface area (Å²) in [6, 6.07) is 0. The number of rotatable bonds is 47. The summed E-state index contributed by atoms with van der Waals surface area (Å²) >= 11 is 0. The lowest BCUT2D eigenvalue weighted by Gasteiger charge is -1.99. The molecule has 0 aromatic heterocycles. The SMILES string of the molecule is CC(=O)O.CCCCCCCC/C=C\CCCCCCCC(=O)O.CCCCCCCC/C=C\CCCCCCCC(=O)O.CCCCCCCC/C=C\CCCCCCCC(=O)O.OCC(O)CO. The van der Waals surface area contributed by atoms with Gasteiger partial charge in [0.2, 0.25) is 0 Å². The highest BCUT2D eigenvalue weighted by atomic mass is 16.4. The predicted molar refractivity (Wildman–Crippen MR) is 295 cm³/mol. The Labute approximate surface area is 430 Å². The van der Waals surface area contributed by atoms with Gasteiger partial charge in [0.15, 0.2) is 0 Å². The summed E-state index contributed by atoms with van der Waals surface area (Å²) < 4.78 is 0. The maximum Gasteiger partial charge on any atom is 0.303 e. The van der Waals surface area contributed by atoms with E-state index in [1.807, 2.05) is 0 Å². The van der Waals surface area contributed by atoms with Gasteiger partial charge in [0.25, 0.3) is 5.97 Å². The molecule has 0 saturated heterocycles. The van der Waals surface area contributed by atoms with Crippen molar-refractivity contribution in [1.29, 1.82) is 0 Å². The van der Waals surface area contributed by atoms with Gasteiger partial charge in [0.05, 0.1) is 13.2 Å². The molecule has 0 aliphatic carbocycles. The molecule has 7 N–H and O–H groups in total. The van der Waals surface area contributed by atoms with E-state index in [9.17, 15) is 14.4 Å². The van der Waals surface area contributed by atoms with Gasteiger partial charge in [-0.1, -0.05) is 211 Å². The van der Waals surface area contributed by atoms with Crippen LogP contribution < -0.4 is 0 Å². The molecular formula is C59H114O11. The van der Waals surface area contributed by atoms with Crippen molar-refractivity contribution in [3.63, 3.8) is 0 Å². The van der Waals surface area contributed by atoms with Crippen LogP contribution in [0.25, 0.3) is 0 Å². The first-order chi connectivity index (χ1) is 33.9. The third-order valence-electron chi connectivity index (χ3n) is 11.4. The maximum absolute atomic E-state index is 10.3. The minimum atomic E-state index is -0.954. The summed E-state index contributed by atoms with van der Waals surface area (Å²) in [4.78, 5) is 40.0. The van der Waals surface area contributed by atoms with Crippen molar-refractivity contribution in [2.75, 3.05) is 13.2 Å². The number of hydrogen-bond donors (Lipinski definition) is 7. The van der Waals surface area contributed by atoms with E-state index in [0.717, 1.165) is 45.4 Å². The number of hydrogen-bond acceptors (Lipinski definition) is 7. The molecule has 0 fully saturated rings. The number of carboxylic acid groups (broad SMARTS) is 4. The summed E-state index contributed by atoms with van der Waals surface area (Å²) in [7, 11) is 0. The normalized spacial score (nSPS) is 10.9. The van der Waals surface area contributed by atoms with Crippen molar-refractivity contribution < 1.29 is 54.9 Å². The van der Waals surface area contributed by atoms with Gasteiger partial charge < -0.3 is 35.7 Å². The molecule has 416 valence electrons. The molecule has 0 unspecified atom stereocenters. The monoisotopic (exact) mass is 999 g/mol. The van der Waals surface area contributed by atoms with Crippen LogP contribution in [0.5, 0.6) is 0 Å². The van der Waals surface area contributed by atoms with E-state index in [4.69, 9.17) is 40.5 Å². The number of carbonyl (C=O) groups is 4. The smallest absolute Gasteiger partial charge is 0.303 e. The third kappa shape index (κ3) is 98.4. The Kier molecular flexibility index (Phi) is 78.6. The fraction of sp³-hybridized carbons (Fsp3) is 0.831. The van der Waals surface area contributed by atoms with E-state index >= 15 is 0 Å². The summed E-state index contributed by atoms with van der Waals surface area (Å²) in [5.74, 6) is -2.83. The molecule has 0 amide bonds. The van der Waals surface area contributed by atoms with Crippen LogP contribution in [0.2, 0.25) is 0 Å². The molecule has 11 nitrogen and oxygen atoms in total. The van der Waals surface area contributed by atoms with Crippen LogP contribution in [0.15, 0.2) is 36.5 Å². The van der Waals surface area contributed by atoms with E-state index in [0.29, 0.717) is 19.3 Å². The summed E-state index contributed by atoms with van der Waals surface area (Å²) in [5.41, 5.74) is 0. The standard InChI is InChI=1S/3C18H34O2.C3H8O3.C2H4O2/c3*1-2-3-4-5-6-7-8-9-10-11-12-13-14-15-16-17-18(19)20;4-1-3(6)2-5;1-2(3)4/h3*9-10H,2-8,11-17H2,1H3,(H,19,20);3-6H,1-2H2;1H3,(H,3,4)/b3*10-9-;;. The topological polar surface area (TPSA) is 210 Å². The molecule has 11 heteroatoms. The van der Waals surface area contributed by atoms with Crippen LogP contribution in [0.1, 0.15) is 297 Å². The fourth-order valence-corrected chi connectivity index (χ4v) is 7.10. The Morgan fingerprint density at radius 3 is 0.614 bits per heavy atom. The lowest BCUT2D eigenvalue weighted by molar-refractivity contribution is -0.138. The molecule has 0 bridgehead atoms. The summed E-state index contributed by atoms with van der Waals surface area (Å²) in [5, 5.41) is 57.0. The van der Waals surface area contributed by atoms with Crippen LogP contribution in [-0.2, 0) is 19.2 Å². The average molecular weight is 1000 g/mol. The third-order valence-corrected chi connectivity index (χ3v) is 11.4. The average Bonchev–Trinajstić information content (AvgIpc) is 3.32. The molecule has 0 aliphatic rings. The largest absolute Gasteiger partial charge is 0.481 e. The zero-order valence-electron chi connectivity index (χ0n) is 45.9. The zero-order valence-corrected chi connectivity index (χ0v) is 45.9. The van der Waals surface area contributed by atoms with Crippen molar-refractivity contribution in [2.45, 2.75) is 303 Å². The predicted octanol–water partition coefficient (Wildman–Crippen LogP) is 16.7. The number of aliphatic hydroxyl groups is 3. The van der Waals surface area contributed by atoms with Crippen LogP contribution >= 0.6 is 0 Å². The zero-order chi connectivity index (χ0) is 53.2. The summed E-state index contributed by atoms with van der Waals surface area (Å²) in [6.45, 7) is 7.13. The van der Waals surface area contributed by atoms with E-state index < -0.39 is 30.0 Å². The number of unbranched alkanes of at least 4 members (excludes halogenated alkanes) is 33. The number of aliphatic carboxylic acids is 4. The molecule has 0 heterocycles. The Bertz CT molecular complexity index is 994. The van der Waals surface area contributed by atoms with E-state index in [1.165, 1.54) is 212 Å². The van der Waals surface area contributed by atoms with Crippen LogP contribution in [0.4, 0.5) is 0 Å². The molecule has 70 heavy (non-hydrogen) atoms. The first-order valence-electron chi connectivity index (χ1n) is 28.5. The lowest BCUT2D eigenvalue weighted by atomic mass is 10.1.